The average Bonchev–Trinajstić information content (AvgIpc) is 3.40. The van der Waals surface area contributed by atoms with Gasteiger partial charge in [0.1, 0.15) is 17.5 Å². The van der Waals surface area contributed by atoms with Crippen molar-refractivity contribution in [1.29, 1.82) is 5.26 Å². The first-order valence-corrected chi connectivity index (χ1v) is 11.1. The molecular formula is C23H32N8O. The van der Waals surface area contributed by atoms with Crippen LogP contribution in [0.15, 0.2) is 29.3 Å². The van der Waals surface area contributed by atoms with Crippen LogP contribution >= 0.6 is 0 Å². The van der Waals surface area contributed by atoms with E-state index >= 15 is 0 Å². The van der Waals surface area contributed by atoms with Crippen LogP contribution in [-0.2, 0) is 11.2 Å². The number of nitrogen functional groups attached to an aromatic ring is 1. The van der Waals surface area contributed by atoms with Gasteiger partial charge in [0.05, 0.1) is 11.4 Å². The summed E-state index contributed by atoms with van der Waals surface area (Å²) in [6, 6.07) is 10.3. The van der Waals surface area contributed by atoms with E-state index in [4.69, 9.17) is 5.73 Å². The second-order valence-corrected chi connectivity index (χ2v) is 7.99. The summed E-state index contributed by atoms with van der Waals surface area (Å²) in [5, 5.41) is 20.9. The molecule has 1 aromatic carbocycles. The van der Waals surface area contributed by atoms with E-state index in [-0.39, 0.29) is 11.9 Å². The van der Waals surface area contributed by atoms with Gasteiger partial charge in [-0.05, 0) is 38.3 Å². The Balaban J connectivity index is 1.53. The molecule has 9 nitrogen and oxygen atoms in total. The molecule has 0 aliphatic carbocycles. The number of benzene rings is 1. The predicted molar refractivity (Wildman–Crippen MR) is 126 cm³/mol. The van der Waals surface area contributed by atoms with Gasteiger partial charge in [-0.3, -0.25) is 9.79 Å². The molecule has 4 N–H and O–H groups in total. The number of guanidine groups is 1. The fraction of sp³-hybridized carbons (Fsp3) is 0.478. The summed E-state index contributed by atoms with van der Waals surface area (Å²) in [6.45, 7) is 6.06. The first-order valence-electron chi connectivity index (χ1n) is 11.1. The monoisotopic (exact) mass is 436 g/mol. The summed E-state index contributed by atoms with van der Waals surface area (Å²) >= 11 is 0. The number of amides is 1. The van der Waals surface area contributed by atoms with Crippen molar-refractivity contribution >= 4 is 17.7 Å². The number of aryl methyl sites for hydroxylation is 2. The lowest BCUT2D eigenvalue weighted by Crippen LogP contribution is -2.45. The Morgan fingerprint density at radius 1 is 1.38 bits per heavy atom. The van der Waals surface area contributed by atoms with Crippen LogP contribution in [0.3, 0.4) is 0 Å². The number of carbonyl (C=O) groups excluding carboxylic acids is 1. The van der Waals surface area contributed by atoms with E-state index < -0.39 is 0 Å². The minimum Gasteiger partial charge on any atom is -0.382 e. The fourth-order valence-electron chi connectivity index (χ4n) is 3.84. The van der Waals surface area contributed by atoms with Crippen LogP contribution in [0.1, 0.15) is 43.0 Å². The standard InChI is InChI=1S/C23H32N8O/c1-4-21(32)30-13-11-17(15-30)28-23(26-3)27-12-5-6-20-19(14-24)22(25)31(29-20)18-9-7-16(2)8-10-18/h7-10,17H,4-6,11-13,15,25H2,1-3H3,(H2,26,27,28). The number of aromatic nitrogens is 2. The second kappa shape index (κ2) is 10.7. The van der Waals surface area contributed by atoms with Gasteiger partial charge < -0.3 is 21.3 Å². The van der Waals surface area contributed by atoms with E-state index in [2.05, 4.69) is 26.8 Å². The molecule has 170 valence electrons. The van der Waals surface area contributed by atoms with E-state index in [1.54, 1.807) is 11.7 Å². The number of rotatable bonds is 7. The number of anilines is 1. The van der Waals surface area contributed by atoms with Crippen LogP contribution in [0.5, 0.6) is 0 Å². The smallest absolute Gasteiger partial charge is 0.222 e. The molecule has 1 saturated heterocycles. The molecule has 2 aromatic rings. The van der Waals surface area contributed by atoms with Gasteiger partial charge >= 0.3 is 0 Å². The number of nitrogens with two attached hydrogens (primary N) is 1. The van der Waals surface area contributed by atoms with Gasteiger partial charge in [0.15, 0.2) is 5.96 Å². The lowest BCUT2D eigenvalue weighted by atomic mass is 10.1. The van der Waals surface area contributed by atoms with Crippen molar-refractivity contribution in [2.45, 2.75) is 45.6 Å². The highest BCUT2D eigenvalue weighted by Gasteiger charge is 2.25. The maximum absolute atomic E-state index is 11.9. The predicted octanol–water partition coefficient (Wildman–Crippen LogP) is 1.74. The highest BCUT2D eigenvalue weighted by atomic mass is 16.2. The zero-order chi connectivity index (χ0) is 23.1. The Bertz CT molecular complexity index is 1000. The summed E-state index contributed by atoms with van der Waals surface area (Å²) in [5.41, 5.74) is 9.31. The molecule has 0 radical (unpaired) electrons. The number of nitrogens with one attached hydrogen (secondary N) is 2. The van der Waals surface area contributed by atoms with Crippen molar-refractivity contribution in [3.63, 3.8) is 0 Å². The zero-order valence-corrected chi connectivity index (χ0v) is 19.1. The summed E-state index contributed by atoms with van der Waals surface area (Å²) in [6.07, 6.45) is 2.84. The first kappa shape index (κ1) is 23.1. The Kier molecular flexibility index (Phi) is 7.71. The van der Waals surface area contributed by atoms with Gasteiger partial charge in [-0.15, -0.1) is 0 Å². The minimum absolute atomic E-state index is 0.190. The van der Waals surface area contributed by atoms with Crippen molar-refractivity contribution in [2.24, 2.45) is 4.99 Å². The van der Waals surface area contributed by atoms with Crippen molar-refractivity contribution < 1.29 is 4.79 Å². The SMILES string of the molecule is CCC(=O)N1CCC(NC(=NC)NCCCc2nn(-c3ccc(C)cc3)c(N)c2C#N)C1. The van der Waals surface area contributed by atoms with Crippen molar-refractivity contribution in [1.82, 2.24) is 25.3 Å². The van der Waals surface area contributed by atoms with Crippen LogP contribution in [-0.4, -0.2) is 59.3 Å². The molecule has 1 aliphatic rings. The van der Waals surface area contributed by atoms with Crippen molar-refractivity contribution in [3.8, 4) is 11.8 Å². The number of carbonyl (C=O) groups is 1. The third-order valence-corrected chi connectivity index (χ3v) is 5.67. The first-order chi connectivity index (χ1) is 15.5. The van der Waals surface area contributed by atoms with Gasteiger partial charge in [0.2, 0.25) is 5.91 Å². The number of aliphatic imine (C=N–C) groups is 1. The Labute approximate surface area is 189 Å². The van der Waals surface area contributed by atoms with E-state index in [9.17, 15) is 10.1 Å². The molecule has 3 rings (SSSR count). The van der Waals surface area contributed by atoms with E-state index in [0.717, 1.165) is 30.6 Å². The molecule has 2 heterocycles. The third kappa shape index (κ3) is 5.38. The van der Waals surface area contributed by atoms with Gasteiger partial charge in [-0.2, -0.15) is 10.4 Å². The number of hydrogen-bond donors (Lipinski definition) is 3. The van der Waals surface area contributed by atoms with Gasteiger partial charge in [-0.1, -0.05) is 24.6 Å². The largest absolute Gasteiger partial charge is 0.382 e. The quantitative estimate of drug-likeness (QED) is 0.345. The molecule has 1 atom stereocenters. The summed E-state index contributed by atoms with van der Waals surface area (Å²) in [5.74, 6) is 1.27. The third-order valence-electron chi connectivity index (χ3n) is 5.67. The Morgan fingerprint density at radius 2 is 2.12 bits per heavy atom. The van der Waals surface area contributed by atoms with Gasteiger partial charge in [0, 0.05) is 39.1 Å². The van der Waals surface area contributed by atoms with Crippen LogP contribution in [0.2, 0.25) is 0 Å². The highest BCUT2D eigenvalue weighted by Crippen LogP contribution is 2.21. The second-order valence-electron chi connectivity index (χ2n) is 7.99. The van der Waals surface area contributed by atoms with Crippen molar-refractivity contribution in [2.75, 3.05) is 32.4 Å². The Morgan fingerprint density at radius 3 is 2.78 bits per heavy atom. The fourth-order valence-corrected chi connectivity index (χ4v) is 3.84. The van der Waals surface area contributed by atoms with Crippen LogP contribution in [0.4, 0.5) is 5.82 Å². The molecule has 1 amide bonds. The molecule has 0 bridgehead atoms. The van der Waals surface area contributed by atoms with E-state index in [1.165, 1.54) is 0 Å². The van der Waals surface area contributed by atoms with Gasteiger partial charge in [-0.25, -0.2) is 4.68 Å². The topological polar surface area (TPSA) is 124 Å². The minimum atomic E-state index is 0.190. The molecule has 1 aliphatic heterocycles. The van der Waals surface area contributed by atoms with Crippen LogP contribution in [0, 0.1) is 18.3 Å². The van der Waals surface area contributed by atoms with Gasteiger partial charge in [0.25, 0.3) is 0 Å². The van der Waals surface area contributed by atoms with Crippen molar-refractivity contribution in [3.05, 3.63) is 41.1 Å². The van der Waals surface area contributed by atoms with E-state index in [1.807, 2.05) is 43.0 Å². The molecule has 1 unspecified atom stereocenters. The lowest BCUT2D eigenvalue weighted by molar-refractivity contribution is -0.129. The number of likely N-dealkylation sites (tertiary alicyclic amines) is 1. The molecule has 0 saturated carbocycles. The highest BCUT2D eigenvalue weighted by molar-refractivity contribution is 5.80. The summed E-state index contributed by atoms with van der Waals surface area (Å²) < 4.78 is 1.63. The average molecular weight is 437 g/mol. The van der Waals surface area contributed by atoms with Crippen LogP contribution < -0.4 is 16.4 Å². The number of nitrogens with zero attached hydrogens (tertiary/aromatic N) is 5. The maximum atomic E-state index is 11.9. The molecule has 1 aromatic heterocycles. The molecule has 9 heteroatoms. The van der Waals surface area contributed by atoms with E-state index in [0.29, 0.717) is 49.0 Å². The molecule has 1 fully saturated rings. The molecule has 32 heavy (non-hydrogen) atoms. The molecule has 0 spiro atoms. The number of hydrogen-bond acceptors (Lipinski definition) is 5. The maximum Gasteiger partial charge on any atom is 0.222 e. The molecular weight excluding hydrogens is 404 g/mol. The Hall–Kier alpha value is -3.54. The summed E-state index contributed by atoms with van der Waals surface area (Å²) in [4.78, 5) is 18.0. The summed E-state index contributed by atoms with van der Waals surface area (Å²) in [7, 11) is 1.73. The lowest BCUT2D eigenvalue weighted by Gasteiger charge is -2.18. The normalized spacial score (nSPS) is 16.1. The van der Waals surface area contributed by atoms with Crippen LogP contribution in [0.25, 0.3) is 5.69 Å². The number of nitriles is 1. The zero-order valence-electron chi connectivity index (χ0n) is 19.1.